The first-order valence-electron chi connectivity index (χ1n) is 7.69. The zero-order valence-corrected chi connectivity index (χ0v) is 13.6. The molecule has 108 valence electrons. The van der Waals surface area contributed by atoms with Crippen molar-refractivity contribution in [3.8, 4) is 0 Å². The number of rotatable bonds is 7. The Balaban J connectivity index is 1.89. The molecule has 3 heteroatoms. The molecule has 1 aliphatic rings. The lowest BCUT2D eigenvalue weighted by Crippen LogP contribution is -2.29. The Hall–Kier alpha value is -0.0500. The Bertz CT molecular complexity index is 369. The Morgan fingerprint density at radius 3 is 2.63 bits per heavy atom. The molecule has 1 aromatic rings. The number of thiophene rings is 1. The Morgan fingerprint density at radius 2 is 2.00 bits per heavy atom. The molecule has 0 bridgehead atoms. The summed E-state index contributed by atoms with van der Waals surface area (Å²) in [5.74, 6) is 0. The number of aryl methyl sites for hydroxylation is 1. The Labute approximate surface area is 126 Å². The van der Waals surface area contributed by atoms with E-state index < -0.39 is 0 Å². The quantitative estimate of drug-likeness (QED) is 0.675. The van der Waals surface area contributed by atoms with Crippen LogP contribution in [0.4, 0.5) is 0 Å². The van der Waals surface area contributed by atoms with E-state index >= 15 is 0 Å². The van der Waals surface area contributed by atoms with E-state index in [4.69, 9.17) is 11.6 Å². The minimum atomic E-state index is 0.594. The molecule has 1 saturated carbocycles. The minimum Gasteiger partial charge on any atom is -0.317 e. The molecule has 1 heterocycles. The predicted octanol–water partition coefficient (Wildman–Crippen LogP) is 5.28. The van der Waals surface area contributed by atoms with Crippen molar-refractivity contribution in [3.63, 3.8) is 0 Å². The third-order valence-electron chi connectivity index (χ3n) is 4.53. The molecule has 0 aliphatic heterocycles. The topological polar surface area (TPSA) is 12.0 Å². The third kappa shape index (κ3) is 4.77. The summed E-state index contributed by atoms with van der Waals surface area (Å²) in [6.45, 7) is 4.47. The van der Waals surface area contributed by atoms with Crippen LogP contribution in [0.2, 0.25) is 4.34 Å². The molecule has 1 N–H and O–H groups in total. The van der Waals surface area contributed by atoms with Gasteiger partial charge in [0.05, 0.1) is 4.34 Å². The highest BCUT2D eigenvalue weighted by molar-refractivity contribution is 7.16. The van der Waals surface area contributed by atoms with Crippen LogP contribution in [0.15, 0.2) is 12.1 Å². The molecule has 0 radical (unpaired) electrons. The number of halogens is 1. The summed E-state index contributed by atoms with van der Waals surface area (Å²) in [6, 6.07) is 4.24. The summed E-state index contributed by atoms with van der Waals surface area (Å²) in [6.07, 6.45) is 11.1. The summed E-state index contributed by atoms with van der Waals surface area (Å²) >= 11 is 7.78. The molecule has 0 amide bonds. The maximum atomic E-state index is 6.03. The smallest absolute Gasteiger partial charge is 0.0931 e. The minimum absolute atomic E-state index is 0.594. The third-order valence-corrected chi connectivity index (χ3v) is 5.82. The summed E-state index contributed by atoms with van der Waals surface area (Å²) < 4.78 is 0.931. The maximum absolute atomic E-state index is 6.03. The van der Waals surface area contributed by atoms with Gasteiger partial charge in [0, 0.05) is 4.88 Å². The fourth-order valence-electron chi connectivity index (χ4n) is 3.33. The Morgan fingerprint density at radius 1 is 1.21 bits per heavy atom. The number of hydrogen-bond acceptors (Lipinski definition) is 2. The van der Waals surface area contributed by atoms with E-state index in [-0.39, 0.29) is 0 Å². The van der Waals surface area contributed by atoms with Crippen LogP contribution < -0.4 is 5.32 Å². The van der Waals surface area contributed by atoms with Crippen LogP contribution in [0.25, 0.3) is 0 Å². The molecule has 0 saturated heterocycles. The lowest BCUT2D eigenvalue weighted by atomic mass is 9.69. The van der Waals surface area contributed by atoms with Crippen molar-refractivity contribution in [2.24, 2.45) is 5.41 Å². The fourth-order valence-corrected chi connectivity index (χ4v) is 4.42. The molecule has 0 atom stereocenters. The van der Waals surface area contributed by atoms with Gasteiger partial charge in [-0.2, -0.15) is 0 Å². The van der Waals surface area contributed by atoms with Crippen molar-refractivity contribution in [1.82, 2.24) is 5.32 Å². The number of nitrogens with one attached hydrogen (secondary N) is 1. The van der Waals surface area contributed by atoms with Crippen LogP contribution >= 0.6 is 22.9 Å². The molecule has 1 aliphatic carbocycles. The van der Waals surface area contributed by atoms with E-state index in [1.165, 1.54) is 62.8 Å². The summed E-state index contributed by atoms with van der Waals surface area (Å²) in [5.41, 5.74) is 0.594. The van der Waals surface area contributed by atoms with Gasteiger partial charge in [0.15, 0.2) is 0 Å². The van der Waals surface area contributed by atoms with E-state index in [2.05, 4.69) is 18.3 Å². The predicted molar refractivity (Wildman–Crippen MR) is 86.3 cm³/mol. The van der Waals surface area contributed by atoms with Crippen molar-refractivity contribution in [2.75, 3.05) is 13.1 Å². The SMILES string of the molecule is CCNCCC1(CCc2ccc(Cl)s2)CCCCC1. The van der Waals surface area contributed by atoms with Crippen LogP contribution in [-0.2, 0) is 6.42 Å². The van der Waals surface area contributed by atoms with Gasteiger partial charge in [0.25, 0.3) is 0 Å². The molecule has 1 aromatic heterocycles. The van der Waals surface area contributed by atoms with Crippen molar-refractivity contribution in [3.05, 3.63) is 21.3 Å². The Kier molecular flexibility index (Phi) is 6.18. The number of hydrogen-bond donors (Lipinski definition) is 1. The lowest BCUT2D eigenvalue weighted by molar-refractivity contribution is 0.157. The first kappa shape index (κ1) is 15.3. The van der Waals surface area contributed by atoms with E-state index in [9.17, 15) is 0 Å². The van der Waals surface area contributed by atoms with E-state index in [1.807, 2.05) is 6.07 Å². The van der Waals surface area contributed by atoms with E-state index in [1.54, 1.807) is 11.3 Å². The molecular formula is C16H26ClNS. The van der Waals surface area contributed by atoms with Crippen LogP contribution in [0.5, 0.6) is 0 Å². The summed E-state index contributed by atoms with van der Waals surface area (Å²) in [4.78, 5) is 1.46. The summed E-state index contributed by atoms with van der Waals surface area (Å²) in [7, 11) is 0. The van der Waals surface area contributed by atoms with Crippen LogP contribution in [-0.4, -0.2) is 13.1 Å². The van der Waals surface area contributed by atoms with Gasteiger partial charge in [0.1, 0.15) is 0 Å². The zero-order valence-electron chi connectivity index (χ0n) is 12.0. The lowest BCUT2D eigenvalue weighted by Gasteiger charge is -2.37. The van der Waals surface area contributed by atoms with Gasteiger partial charge < -0.3 is 5.32 Å². The monoisotopic (exact) mass is 299 g/mol. The molecule has 0 unspecified atom stereocenters. The van der Waals surface area contributed by atoms with Crippen molar-refractivity contribution < 1.29 is 0 Å². The first-order valence-corrected chi connectivity index (χ1v) is 8.88. The average molecular weight is 300 g/mol. The standard InChI is InChI=1S/C16H26ClNS/c1-2-18-13-12-16(9-4-3-5-10-16)11-8-14-6-7-15(17)19-14/h6-7,18H,2-5,8-13H2,1H3. The molecule has 1 nitrogen and oxygen atoms in total. The second-order valence-electron chi connectivity index (χ2n) is 5.87. The van der Waals surface area contributed by atoms with Gasteiger partial charge in [-0.3, -0.25) is 0 Å². The van der Waals surface area contributed by atoms with E-state index in [0.717, 1.165) is 10.9 Å². The van der Waals surface area contributed by atoms with Crippen LogP contribution in [0.1, 0.15) is 56.7 Å². The van der Waals surface area contributed by atoms with Gasteiger partial charge in [-0.15, -0.1) is 11.3 Å². The average Bonchev–Trinajstić information content (AvgIpc) is 2.84. The molecule has 1 fully saturated rings. The highest BCUT2D eigenvalue weighted by atomic mass is 35.5. The van der Waals surface area contributed by atoms with Crippen LogP contribution in [0, 0.1) is 5.41 Å². The second kappa shape index (κ2) is 7.66. The normalized spacial score (nSPS) is 18.6. The zero-order chi connectivity index (χ0) is 13.6. The van der Waals surface area contributed by atoms with Gasteiger partial charge in [-0.1, -0.05) is 37.8 Å². The second-order valence-corrected chi connectivity index (χ2v) is 7.67. The van der Waals surface area contributed by atoms with Crippen molar-refractivity contribution in [2.45, 2.75) is 58.3 Å². The molecule has 19 heavy (non-hydrogen) atoms. The van der Waals surface area contributed by atoms with Crippen LogP contribution in [0.3, 0.4) is 0 Å². The van der Waals surface area contributed by atoms with Gasteiger partial charge in [-0.25, -0.2) is 0 Å². The highest BCUT2D eigenvalue weighted by Crippen LogP contribution is 2.43. The highest BCUT2D eigenvalue weighted by Gasteiger charge is 2.31. The maximum Gasteiger partial charge on any atom is 0.0931 e. The fraction of sp³-hybridized carbons (Fsp3) is 0.750. The largest absolute Gasteiger partial charge is 0.317 e. The molecule has 2 rings (SSSR count). The van der Waals surface area contributed by atoms with Gasteiger partial charge >= 0.3 is 0 Å². The first-order chi connectivity index (χ1) is 9.24. The van der Waals surface area contributed by atoms with Gasteiger partial charge in [0.2, 0.25) is 0 Å². The molecule has 0 spiro atoms. The van der Waals surface area contributed by atoms with E-state index in [0.29, 0.717) is 5.41 Å². The van der Waals surface area contributed by atoms with Crippen molar-refractivity contribution >= 4 is 22.9 Å². The summed E-state index contributed by atoms with van der Waals surface area (Å²) in [5, 5.41) is 3.50. The van der Waals surface area contributed by atoms with Gasteiger partial charge in [-0.05, 0) is 62.7 Å². The molecule has 0 aromatic carbocycles. The molecular weight excluding hydrogens is 274 g/mol. The van der Waals surface area contributed by atoms with Crippen molar-refractivity contribution in [1.29, 1.82) is 0 Å².